The van der Waals surface area contributed by atoms with E-state index in [2.05, 4.69) is 5.32 Å². The van der Waals surface area contributed by atoms with E-state index in [-0.39, 0.29) is 35.1 Å². The molecule has 0 aromatic heterocycles. The average molecular weight is 387 g/mol. The molecular formula is C20H21NO5S. The highest BCUT2D eigenvalue weighted by Crippen LogP contribution is 2.25. The van der Waals surface area contributed by atoms with Crippen molar-refractivity contribution in [1.29, 1.82) is 0 Å². The first kappa shape index (κ1) is 19.1. The van der Waals surface area contributed by atoms with Crippen LogP contribution in [0, 0.1) is 0 Å². The van der Waals surface area contributed by atoms with E-state index in [9.17, 15) is 18.0 Å². The van der Waals surface area contributed by atoms with Crippen LogP contribution in [-0.2, 0) is 34.0 Å². The van der Waals surface area contributed by atoms with Crippen molar-refractivity contribution in [2.75, 3.05) is 5.75 Å². The molecule has 0 radical (unpaired) electrons. The number of carboxylic acid groups (broad SMARTS) is 1. The number of nitrogens with one attached hydrogen (secondary N) is 1. The Balaban J connectivity index is 1.53. The fourth-order valence-corrected chi connectivity index (χ4v) is 4.43. The van der Waals surface area contributed by atoms with Crippen LogP contribution in [-0.4, -0.2) is 31.2 Å². The number of carbonyl (C=O) groups is 2. The van der Waals surface area contributed by atoms with Gasteiger partial charge in [0.2, 0.25) is 5.91 Å². The van der Waals surface area contributed by atoms with Crippen molar-refractivity contribution in [3.8, 4) is 0 Å². The molecule has 7 heteroatoms. The van der Waals surface area contributed by atoms with Crippen LogP contribution in [0.4, 0.5) is 0 Å². The zero-order valence-electron chi connectivity index (χ0n) is 14.8. The van der Waals surface area contributed by atoms with Gasteiger partial charge < -0.3 is 10.4 Å². The molecule has 0 saturated heterocycles. The van der Waals surface area contributed by atoms with Gasteiger partial charge in [-0.1, -0.05) is 18.2 Å². The van der Waals surface area contributed by atoms with Crippen LogP contribution in [0.15, 0.2) is 47.4 Å². The maximum Gasteiger partial charge on any atom is 0.335 e. The SMILES string of the molecule is O=C(CCS(=O)(=O)c1ccc2c(c1)CCC2)NCc1ccc(C(=O)O)cc1. The first-order valence-corrected chi connectivity index (χ1v) is 10.4. The molecular weight excluding hydrogens is 366 g/mol. The molecule has 0 spiro atoms. The molecule has 142 valence electrons. The summed E-state index contributed by atoms with van der Waals surface area (Å²) in [6.07, 6.45) is 2.83. The van der Waals surface area contributed by atoms with E-state index in [1.165, 1.54) is 17.7 Å². The Labute approximate surface area is 158 Å². The molecule has 0 fully saturated rings. The first-order chi connectivity index (χ1) is 12.8. The molecule has 1 aliphatic rings. The normalized spacial score (nSPS) is 13.2. The molecule has 27 heavy (non-hydrogen) atoms. The van der Waals surface area contributed by atoms with Crippen molar-refractivity contribution >= 4 is 21.7 Å². The molecule has 1 aliphatic carbocycles. The zero-order chi connectivity index (χ0) is 19.4. The Bertz CT molecular complexity index is 964. The molecule has 0 atom stereocenters. The second-order valence-electron chi connectivity index (χ2n) is 6.63. The summed E-state index contributed by atoms with van der Waals surface area (Å²) >= 11 is 0. The summed E-state index contributed by atoms with van der Waals surface area (Å²) in [6, 6.07) is 11.4. The molecule has 0 heterocycles. The largest absolute Gasteiger partial charge is 0.478 e. The van der Waals surface area contributed by atoms with E-state index in [0.717, 1.165) is 30.4 Å². The standard InChI is InChI=1S/C20H21NO5S/c22-19(21-13-14-4-6-16(7-5-14)20(23)24)10-11-27(25,26)18-9-8-15-2-1-3-17(15)12-18/h4-9,12H,1-3,10-11,13H2,(H,21,22)(H,23,24). The van der Waals surface area contributed by atoms with Gasteiger partial charge in [0.15, 0.2) is 9.84 Å². The number of sulfone groups is 1. The van der Waals surface area contributed by atoms with Crippen LogP contribution < -0.4 is 5.32 Å². The second kappa shape index (κ2) is 7.92. The fourth-order valence-electron chi connectivity index (χ4n) is 3.14. The van der Waals surface area contributed by atoms with Crippen molar-refractivity contribution in [2.45, 2.75) is 37.1 Å². The number of hydrogen-bond acceptors (Lipinski definition) is 4. The molecule has 1 amide bonds. The smallest absolute Gasteiger partial charge is 0.335 e. The quantitative estimate of drug-likeness (QED) is 0.760. The highest BCUT2D eigenvalue weighted by atomic mass is 32.2. The summed E-state index contributed by atoms with van der Waals surface area (Å²) in [6.45, 7) is 0.220. The lowest BCUT2D eigenvalue weighted by molar-refractivity contribution is -0.120. The van der Waals surface area contributed by atoms with Gasteiger partial charge in [-0.05, 0) is 60.2 Å². The lowest BCUT2D eigenvalue weighted by Gasteiger charge is -2.08. The minimum absolute atomic E-state index is 0.118. The Morgan fingerprint density at radius 1 is 1.00 bits per heavy atom. The molecule has 0 saturated carbocycles. The molecule has 0 bridgehead atoms. The lowest BCUT2D eigenvalue weighted by atomic mass is 10.1. The van der Waals surface area contributed by atoms with Gasteiger partial charge in [-0.15, -0.1) is 0 Å². The second-order valence-corrected chi connectivity index (χ2v) is 8.74. The number of aromatic carboxylic acids is 1. The van der Waals surface area contributed by atoms with Gasteiger partial charge in [-0.2, -0.15) is 0 Å². The predicted molar refractivity (Wildman–Crippen MR) is 100 cm³/mol. The lowest BCUT2D eigenvalue weighted by Crippen LogP contribution is -2.25. The minimum Gasteiger partial charge on any atom is -0.478 e. The topological polar surface area (TPSA) is 101 Å². The number of aryl methyl sites for hydroxylation is 2. The molecule has 2 aromatic carbocycles. The Morgan fingerprint density at radius 3 is 2.41 bits per heavy atom. The number of fused-ring (bicyclic) bond motifs is 1. The highest BCUT2D eigenvalue weighted by molar-refractivity contribution is 7.91. The van der Waals surface area contributed by atoms with Crippen LogP contribution in [0.5, 0.6) is 0 Å². The van der Waals surface area contributed by atoms with Crippen molar-refractivity contribution < 1.29 is 23.1 Å². The summed E-state index contributed by atoms with van der Waals surface area (Å²) in [4.78, 5) is 23.1. The molecule has 0 unspecified atom stereocenters. The molecule has 3 rings (SSSR count). The summed E-state index contributed by atoms with van der Waals surface area (Å²) in [7, 11) is -3.50. The van der Waals surface area contributed by atoms with E-state index in [0.29, 0.717) is 0 Å². The Kier molecular flexibility index (Phi) is 5.60. The van der Waals surface area contributed by atoms with Gasteiger partial charge >= 0.3 is 5.97 Å². The fraction of sp³-hybridized carbons (Fsp3) is 0.300. The van der Waals surface area contributed by atoms with Gasteiger partial charge in [0.1, 0.15) is 0 Å². The third kappa shape index (κ3) is 4.74. The predicted octanol–water partition coefficient (Wildman–Crippen LogP) is 2.35. The maximum atomic E-state index is 12.5. The Hall–Kier alpha value is -2.67. The third-order valence-electron chi connectivity index (χ3n) is 4.72. The number of benzene rings is 2. The number of amides is 1. The molecule has 2 N–H and O–H groups in total. The zero-order valence-corrected chi connectivity index (χ0v) is 15.6. The minimum atomic E-state index is -3.50. The van der Waals surface area contributed by atoms with Gasteiger partial charge in [0.05, 0.1) is 16.2 Å². The van der Waals surface area contributed by atoms with Gasteiger partial charge in [0, 0.05) is 13.0 Å². The van der Waals surface area contributed by atoms with E-state index in [1.807, 2.05) is 6.07 Å². The summed E-state index contributed by atoms with van der Waals surface area (Å²) in [5, 5.41) is 11.5. The van der Waals surface area contributed by atoms with Crippen molar-refractivity contribution in [3.05, 3.63) is 64.7 Å². The molecule has 2 aromatic rings. The molecule has 0 aliphatic heterocycles. The van der Waals surface area contributed by atoms with Gasteiger partial charge in [-0.3, -0.25) is 4.79 Å². The van der Waals surface area contributed by atoms with Crippen molar-refractivity contribution in [2.24, 2.45) is 0 Å². The maximum absolute atomic E-state index is 12.5. The number of carboxylic acids is 1. The summed E-state index contributed by atoms with van der Waals surface area (Å²) < 4.78 is 25.0. The van der Waals surface area contributed by atoms with Crippen LogP contribution >= 0.6 is 0 Å². The van der Waals surface area contributed by atoms with Gasteiger partial charge in [-0.25, -0.2) is 13.2 Å². The number of carbonyl (C=O) groups excluding carboxylic acids is 1. The van der Waals surface area contributed by atoms with Crippen LogP contribution in [0.25, 0.3) is 0 Å². The summed E-state index contributed by atoms with van der Waals surface area (Å²) in [5.41, 5.74) is 3.21. The van der Waals surface area contributed by atoms with Crippen molar-refractivity contribution in [3.63, 3.8) is 0 Å². The highest BCUT2D eigenvalue weighted by Gasteiger charge is 2.19. The Morgan fingerprint density at radius 2 is 1.70 bits per heavy atom. The molecule has 6 nitrogen and oxygen atoms in total. The summed E-state index contributed by atoms with van der Waals surface area (Å²) in [5.74, 6) is -1.61. The van der Waals surface area contributed by atoms with E-state index >= 15 is 0 Å². The number of rotatable bonds is 7. The van der Waals surface area contributed by atoms with Gasteiger partial charge in [0.25, 0.3) is 0 Å². The van der Waals surface area contributed by atoms with E-state index < -0.39 is 15.8 Å². The van der Waals surface area contributed by atoms with E-state index in [1.54, 1.807) is 24.3 Å². The van der Waals surface area contributed by atoms with Crippen LogP contribution in [0.2, 0.25) is 0 Å². The monoisotopic (exact) mass is 387 g/mol. The third-order valence-corrected chi connectivity index (χ3v) is 6.43. The average Bonchev–Trinajstić information content (AvgIpc) is 3.13. The van der Waals surface area contributed by atoms with Crippen LogP contribution in [0.1, 0.15) is 39.9 Å². The van der Waals surface area contributed by atoms with Crippen LogP contribution in [0.3, 0.4) is 0 Å². The van der Waals surface area contributed by atoms with Crippen molar-refractivity contribution in [1.82, 2.24) is 5.32 Å². The first-order valence-electron chi connectivity index (χ1n) is 8.79. The number of hydrogen-bond donors (Lipinski definition) is 2. The van der Waals surface area contributed by atoms with E-state index in [4.69, 9.17) is 5.11 Å².